The summed E-state index contributed by atoms with van der Waals surface area (Å²) in [4.78, 5) is 12.0. The van der Waals surface area contributed by atoms with Gasteiger partial charge in [0.1, 0.15) is 6.04 Å². The number of nitrogens with one attached hydrogen (secondary N) is 1. The SMILES string of the molecule is Cc1ccc(C(N)C(=O)NCC2CCCCC2)cc1. The molecule has 1 aliphatic rings. The summed E-state index contributed by atoms with van der Waals surface area (Å²) in [7, 11) is 0. The third-order valence-corrected chi connectivity index (χ3v) is 4.01. The Bertz CT molecular complexity index is 407. The topological polar surface area (TPSA) is 55.1 Å². The molecule has 2 rings (SSSR count). The van der Waals surface area contributed by atoms with Crippen molar-refractivity contribution in [1.29, 1.82) is 0 Å². The Morgan fingerprint density at radius 1 is 1.26 bits per heavy atom. The molecule has 1 amide bonds. The van der Waals surface area contributed by atoms with E-state index < -0.39 is 6.04 Å². The van der Waals surface area contributed by atoms with E-state index in [4.69, 9.17) is 5.73 Å². The first-order valence-corrected chi connectivity index (χ1v) is 7.26. The van der Waals surface area contributed by atoms with E-state index in [0.717, 1.165) is 12.1 Å². The highest BCUT2D eigenvalue weighted by Gasteiger charge is 2.18. The van der Waals surface area contributed by atoms with E-state index in [-0.39, 0.29) is 5.91 Å². The lowest BCUT2D eigenvalue weighted by Crippen LogP contribution is -2.37. The number of benzene rings is 1. The molecule has 19 heavy (non-hydrogen) atoms. The average molecular weight is 260 g/mol. The van der Waals surface area contributed by atoms with Crippen LogP contribution in [-0.2, 0) is 4.79 Å². The van der Waals surface area contributed by atoms with E-state index in [9.17, 15) is 4.79 Å². The summed E-state index contributed by atoms with van der Waals surface area (Å²) in [5.41, 5.74) is 8.05. The normalized spacial score (nSPS) is 18.0. The van der Waals surface area contributed by atoms with Crippen molar-refractivity contribution in [2.24, 2.45) is 11.7 Å². The van der Waals surface area contributed by atoms with Crippen LogP contribution in [0.3, 0.4) is 0 Å². The highest BCUT2D eigenvalue weighted by Crippen LogP contribution is 2.23. The van der Waals surface area contributed by atoms with Crippen LogP contribution in [0, 0.1) is 12.8 Å². The van der Waals surface area contributed by atoms with Gasteiger partial charge in [-0.2, -0.15) is 0 Å². The molecule has 1 aromatic rings. The molecular formula is C16H24N2O. The van der Waals surface area contributed by atoms with Crippen molar-refractivity contribution in [3.05, 3.63) is 35.4 Å². The molecule has 0 saturated heterocycles. The number of nitrogens with two attached hydrogens (primary N) is 1. The van der Waals surface area contributed by atoms with Crippen molar-refractivity contribution >= 4 is 5.91 Å². The Hall–Kier alpha value is -1.35. The van der Waals surface area contributed by atoms with Gasteiger partial charge in [-0.05, 0) is 31.2 Å². The number of rotatable bonds is 4. The molecule has 1 aromatic carbocycles. The lowest BCUT2D eigenvalue weighted by molar-refractivity contribution is -0.122. The molecule has 0 radical (unpaired) electrons. The molecule has 104 valence electrons. The van der Waals surface area contributed by atoms with Gasteiger partial charge in [-0.1, -0.05) is 49.1 Å². The van der Waals surface area contributed by atoms with Crippen molar-refractivity contribution in [2.45, 2.75) is 45.1 Å². The fourth-order valence-corrected chi connectivity index (χ4v) is 2.67. The number of hydrogen-bond acceptors (Lipinski definition) is 2. The van der Waals surface area contributed by atoms with Crippen LogP contribution in [0.2, 0.25) is 0 Å². The lowest BCUT2D eigenvalue weighted by atomic mass is 9.89. The number of carbonyl (C=O) groups is 1. The summed E-state index contributed by atoms with van der Waals surface area (Å²) in [6.07, 6.45) is 6.41. The van der Waals surface area contributed by atoms with Crippen LogP contribution >= 0.6 is 0 Å². The van der Waals surface area contributed by atoms with Crippen LogP contribution in [0.15, 0.2) is 24.3 Å². The molecule has 0 aliphatic heterocycles. The third-order valence-electron chi connectivity index (χ3n) is 4.01. The smallest absolute Gasteiger partial charge is 0.241 e. The first kappa shape index (κ1) is 14.1. The molecule has 1 atom stereocenters. The third kappa shape index (κ3) is 4.06. The Labute approximate surface area is 115 Å². The highest BCUT2D eigenvalue weighted by atomic mass is 16.2. The summed E-state index contributed by atoms with van der Waals surface area (Å²) < 4.78 is 0. The zero-order valence-corrected chi connectivity index (χ0v) is 11.7. The van der Waals surface area contributed by atoms with Crippen LogP contribution < -0.4 is 11.1 Å². The fraction of sp³-hybridized carbons (Fsp3) is 0.562. The molecule has 0 aromatic heterocycles. The van der Waals surface area contributed by atoms with Gasteiger partial charge in [0.2, 0.25) is 5.91 Å². The maximum absolute atomic E-state index is 12.0. The van der Waals surface area contributed by atoms with Gasteiger partial charge in [0.05, 0.1) is 0 Å². The monoisotopic (exact) mass is 260 g/mol. The minimum atomic E-state index is -0.552. The summed E-state index contributed by atoms with van der Waals surface area (Å²) >= 11 is 0. The predicted molar refractivity (Wildman–Crippen MR) is 77.7 cm³/mol. The number of amides is 1. The van der Waals surface area contributed by atoms with Crippen molar-refractivity contribution in [2.75, 3.05) is 6.54 Å². The van der Waals surface area contributed by atoms with Gasteiger partial charge in [0.15, 0.2) is 0 Å². The zero-order valence-electron chi connectivity index (χ0n) is 11.7. The van der Waals surface area contributed by atoms with E-state index in [2.05, 4.69) is 5.32 Å². The molecule has 1 saturated carbocycles. The zero-order chi connectivity index (χ0) is 13.7. The van der Waals surface area contributed by atoms with Crippen molar-refractivity contribution in [3.8, 4) is 0 Å². The molecule has 1 unspecified atom stereocenters. The Morgan fingerprint density at radius 3 is 2.53 bits per heavy atom. The van der Waals surface area contributed by atoms with Gasteiger partial charge in [0, 0.05) is 6.54 Å². The Balaban J connectivity index is 1.83. The van der Waals surface area contributed by atoms with Gasteiger partial charge in [-0.25, -0.2) is 0 Å². The standard InChI is InChI=1S/C16H24N2O/c1-12-7-9-14(10-8-12)15(17)16(19)18-11-13-5-3-2-4-6-13/h7-10,13,15H,2-6,11,17H2,1H3,(H,18,19). The molecule has 1 fully saturated rings. The largest absolute Gasteiger partial charge is 0.354 e. The molecule has 3 heteroatoms. The van der Waals surface area contributed by atoms with E-state index in [1.165, 1.54) is 37.7 Å². The first-order valence-electron chi connectivity index (χ1n) is 7.26. The molecule has 0 heterocycles. The van der Waals surface area contributed by atoms with Crippen LogP contribution in [0.4, 0.5) is 0 Å². The van der Waals surface area contributed by atoms with Crippen molar-refractivity contribution < 1.29 is 4.79 Å². The Morgan fingerprint density at radius 2 is 1.89 bits per heavy atom. The number of aryl methyl sites for hydroxylation is 1. The van der Waals surface area contributed by atoms with Gasteiger partial charge >= 0.3 is 0 Å². The molecule has 0 bridgehead atoms. The van der Waals surface area contributed by atoms with E-state index in [1.807, 2.05) is 31.2 Å². The van der Waals surface area contributed by atoms with E-state index in [0.29, 0.717) is 5.92 Å². The summed E-state index contributed by atoms with van der Waals surface area (Å²) in [6.45, 7) is 2.80. The van der Waals surface area contributed by atoms with Crippen molar-refractivity contribution in [1.82, 2.24) is 5.32 Å². The lowest BCUT2D eigenvalue weighted by Gasteiger charge is -2.22. The first-order chi connectivity index (χ1) is 9.16. The average Bonchev–Trinajstić information content (AvgIpc) is 2.46. The summed E-state index contributed by atoms with van der Waals surface area (Å²) in [5, 5.41) is 3.00. The molecule has 3 N–H and O–H groups in total. The highest BCUT2D eigenvalue weighted by molar-refractivity contribution is 5.82. The molecule has 0 spiro atoms. The van der Waals surface area contributed by atoms with Crippen molar-refractivity contribution in [3.63, 3.8) is 0 Å². The minimum absolute atomic E-state index is 0.0607. The Kier molecular flexibility index (Phi) is 4.97. The minimum Gasteiger partial charge on any atom is -0.354 e. The predicted octanol–water partition coefficient (Wildman–Crippen LogP) is 2.69. The molecule has 3 nitrogen and oxygen atoms in total. The maximum Gasteiger partial charge on any atom is 0.241 e. The van der Waals surface area contributed by atoms with Gasteiger partial charge in [0.25, 0.3) is 0 Å². The fourth-order valence-electron chi connectivity index (χ4n) is 2.67. The summed E-state index contributed by atoms with van der Waals surface area (Å²) in [5.74, 6) is 0.581. The van der Waals surface area contributed by atoms with Gasteiger partial charge in [-0.3, -0.25) is 4.79 Å². The van der Waals surface area contributed by atoms with E-state index >= 15 is 0 Å². The second kappa shape index (κ2) is 6.71. The van der Waals surface area contributed by atoms with Gasteiger partial charge in [-0.15, -0.1) is 0 Å². The second-order valence-corrected chi connectivity index (χ2v) is 5.64. The van der Waals surface area contributed by atoms with Gasteiger partial charge < -0.3 is 11.1 Å². The second-order valence-electron chi connectivity index (χ2n) is 5.64. The van der Waals surface area contributed by atoms with Crippen LogP contribution in [0.25, 0.3) is 0 Å². The van der Waals surface area contributed by atoms with E-state index in [1.54, 1.807) is 0 Å². The van der Waals surface area contributed by atoms with Crippen LogP contribution in [-0.4, -0.2) is 12.5 Å². The summed E-state index contributed by atoms with van der Waals surface area (Å²) in [6, 6.07) is 7.29. The molecular weight excluding hydrogens is 236 g/mol. The number of hydrogen-bond donors (Lipinski definition) is 2. The maximum atomic E-state index is 12.0. The van der Waals surface area contributed by atoms with Crippen LogP contribution in [0.5, 0.6) is 0 Å². The number of carbonyl (C=O) groups excluding carboxylic acids is 1. The quantitative estimate of drug-likeness (QED) is 0.874. The molecule has 1 aliphatic carbocycles. The van der Waals surface area contributed by atoms with Crippen LogP contribution in [0.1, 0.15) is 49.3 Å².